The fourth-order valence-electron chi connectivity index (χ4n) is 2.70. The van der Waals surface area contributed by atoms with E-state index in [0.717, 1.165) is 31.5 Å². The van der Waals surface area contributed by atoms with Gasteiger partial charge in [0.1, 0.15) is 0 Å². The molecule has 1 unspecified atom stereocenters. The maximum absolute atomic E-state index is 12.6. The topological polar surface area (TPSA) is 41.6 Å². The number of morpholine rings is 1. The Bertz CT molecular complexity index is 543. The molecule has 1 aliphatic heterocycles. The van der Waals surface area contributed by atoms with Crippen LogP contribution in [0.1, 0.15) is 24.8 Å². The lowest BCUT2D eigenvalue weighted by Gasteiger charge is -2.28. The first-order valence-electron chi connectivity index (χ1n) is 7.69. The zero-order chi connectivity index (χ0) is 15.5. The van der Waals surface area contributed by atoms with Crippen LogP contribution < -0.4 is 5.32 Å². The van der Waals surface area contributed by atoms with Gasteiger partial charge in [0.05, 0.1) is 29.2 Å². The third-order valence-electron chi connectivity index (χ3n) is 4.05. The predicted molar refractivity (Wildman–Crippen MR) is 87.3 cm³/mol. The highest BCUT2D eigenvalue weighted by Crippen LogP contribution is 2.30. The second-order valence-electron chi connectivity index (χ2n) is 5.90. The van der Waals surface area contributed by atoms with Crippen molar-refractivity contribution in [3.05, 3.63) is 33.8 Å². The summed E-state index contributed by atoms with van der Waals surface area (Å²) in [5.74, 6) is 0.155. The molecule has 2 aliphatic rings. The largest absolute Gasteiger partial charge is 0.375 e. The number of benzene rings is 1. The predicted octanol–water partition coefficient (Wildman–Crippen LogP) is 2.86. The van der Waals surface area contributed by atoms with Crippen LogP contribution in [0.15, 0.2) is 18.2 Å². The Morgan fingerprint density at radius 2 is 2.14 bits per heavy atom. The van der Waals surface area contributed by atoms with E-state index in [0.29, 0.717) is 35.7 Å². The molecule has 1 aliphatic carbocycles. The molecule has 0 aromatic heterocycles. The summed E-state index contributed by atoms with van der Waals surface area (Å²) in [6.45, 7) is 2.87. The van der Waals surface area contributed by atoms with Crippen LogP contribution in [0.2, 0.25) is 10.0 Å². The molecule has 1 atom stereocenters. The van der Waals surface area contributed by atoms with Crippen LogP contribution in [-0.4, -0.2) is 42.6 Å². The van der Waals surface area contributed by atoms with E-state index in [1.54, 1.807) is 6.07 Å². The number of halogens is 2. The highest BCUT2D eigenvalue weighted by molar-refractivity contribution is 6.42. The maximum atomic E-state index is 12.6. The van der Waals surface area contributed by atoms with Crippen molar-refractivity contribution in [3.8, 4) is 0 Å². The van der Waals surface area contributed by atoms with Crippen molar-refractivity contribution in [2.24, 2.45) is 0 Å². The summed E-state index contributed by atoms with van der Waals surface area (Å²) in [4.78, 5) is 14.6. The molecule has 1 aromatic rings. The van der Waals surface area contributed by atoms with Crippen LogP contribution in [0.3, 0.4) is 0 Å². The molecule has 120 valence electrons. The molecule has 22 heavy (non-hydrogen) atoms. The van der Waals surface area contributed by atoms with Gasteiger partial charge in [0.25, 0.3) is 0 Å². The van der Waals surface area contributed by atoms with Gasteiger partial charge in [-0.2, -0.15) is 0 Å². The average Bonchev–Trinajstić information content (AvgIpc) is 3.34. The number of carbonyl (C=O) groups is 1. The maximum Gasteiger partial charge on any atom is 0.225 e. The number of ether oxygens (including phenoxy) is 1. The monoisotopic (exact) mass is 342 g/mol. The van der Waals surface area contributed by atoms with Crippen molar-refractivity contribution in [1.29, 1.82) is 0 Å². The molecule has 1 saturated heterocycles. The van der Waals surface area contributed by atoms with E-state index < -0.39 is 0 Å². The minimum absolute atomic E-state index is 0.0173. The molecule has 0 bridgehead atoms. The highest BCUT2D eigenvalue weighted by atomic mass is 35.5. The first-order chi connectivity index (χ1) is 10.6. The first kappa shape index (κ1) is 16.1. The number of amides is 1. The lowest BCUT2D eigenvalue weighted by molar-refractivity contribution is -0.136. The van der Waals surface area contributed by atoms with Crippen molar-refractivity contribution in [3.63, 3.8) is 0 Å². The summed E-state index contributed by atoms with van der Waals surface area (Å²) in [5.41, 5.74) is 1.01. The molecular formula is C16H20Cl2N2O2. The second kappa shape index (κ2) is 7.18. The van der Waals surface area contributed by atoms with Crippen molar-refractivity contribution in [2.45, 2.75) is 38.0 Å². The fourth-order valence-corrected chi connectivity index (χ4v) is 3.03. The Kier molecular flexibility index (Phi) is 5.24. The van der Waals surface area contributed by atoms with E-state index in [1.807, 2.05) is 17.0 Å². The lowest BCUT2D eigenvalue weighted by atomic mass is 10.1. The minimum Gasteiger partial charge on any atom is -0.375 e. The molecule has 0 spiro atoms. The van der Waals surface area contributed by atoms with Crippen molar-refractivity contribution >= 4 is 29.1 Å². The van der Waals surface area contributed by atoms with E-state index in [2.05, 4.69) is 5.32 Å². The van der Waals surface area contributed by atoms with E-state index in [9.17, 15) is 4.79 Å². The Morgan fingerprint density at radius 1 is 1.32 bits per heavy atom. The van der Waals surface area contributed by atoms with E-state index >= 15 is 0 Å². The molecule has 1 amide bonds. The smallest absolute Gasteiger partial charge is 0.225 e. The minimum atomic E-state index is -0.0173. The molecule has 0 radical (unpaired) electrons. The fraction of sp³-hybridized carbons (Fsp3) is 0.562. The van der Waals surface area contributed by atoms with Crippen molar-refractivity contribution < 1.29 is 9.53 Å². The molecular weight excluding hydrogens is 323 g/mol. The second-order valence-corrected chi connectivity index (χ2v) is 6.72. The lowest BCUT2D eigenvalue weighted by Crippen LogP contribution is -2.42. The molecule has 1 N–H and O–H groups in total. The standard InChI is InChI=1S/C16H20Cl2N2O2/c17-14-4-1-11(7-15(14)18)10-20(12-2-3-12)16(21)8-13-9-19-5-6-22-13/h1,4,7,12-13,19H,2-3,5-6,8-10H2. The quantitative estimate of drug-likeness (QED) is 0.894. The Hall–Kier alpha value is -0.810. The van der Waals surface area contributed by atoms with Gasteiger partial charge in [-0.1, -0.05) is 29.3 Å². The third kappa shape index (κ3) is 4.13. The van der Waals surface area contributed by atoms with Gasteiger partial charge < -0.3 is 15.0 Å². The number of hydrogen-bond acceptors (Lipinski definition) is 3. The third-order valence-corrected chi connectivity index (χ3v) is 4.79. The molecule has 1 saturated carbocycles. The number of hydrogen-bond donors (Lipinski definition) is 1. The summed E-state index contributed by atoms with van der Waals surface area (Å²) in [7, 11) is 0. The van der Waals surface area contributed by atoms with Gasteiger partial charge in [0.15, 0.2) is 0 Å². The van der Waals surface area contributed by atoms with Crippen LogP contribution in [-0.2, 0) is 16.1 Å². The molecule has 1 aromatic carbocycles. The van der Waals surface area contributed by atoms with Crippen molar-refractivity contribution in [1.82, 2.24) is 10.2 Å². The zero-order valence-electron chi connectivity index (χ0n) is 12.4. The van der Waals surface area contributed by atoms with Gasteiger partial charge in [0, 0.05) is 25.7 Å². The summed E-state index contributed by atoms with van der Waals surface area (Å²) in [6, 6.07) is 5.91. The number of nitrogens with zero attached hydrogens (tertiary/aromatic N) is 1. The Labute approximate surface area is 140 Å². The van der Waals surface area contributed by atoms with Crippen LogP contribution in [0.5, 0.6) is 0 Å². The number of rotatable bonds is 5. The summed E-state index contributed by atoms with van der Waals surface area (Å²) in [6.07, 6.45) is 2.58. The van der Waals surface area contributed by atoms with Gasteiger partial charge in [-0.05, 0) is 30.5 Å². The highest BCUT2D eigenvalue weighted by Gasteiger charge is 2.33. The van der Waals surface area contributed by atoms with Crippen LogP contribution in [0.25, 0.3) is 0 Å². The van der Waals surface area contributed by atoms with Gasteiger partial charge in [-0.3, -0.25) is 4.79 Å². The van der Waals surface area contributed by atoms with E-state index in [1.165, 1.54) is 0 Å². The molecule has 3 rings (SSSR count). The van der Waals surface area contributed by atoms with Gasteiger partial charge in [0.2, 0.25) is 5.91 Å². The summed E-state index contributed by atoms with van der Waals surface area (Å²) >= 11 is 12.0. The zero-order valence-corrected chi connectivity index (χ0v) is 13.9. The van der Waals surface area contributed by atoms with Crippen LogP contribution >= 0.6 is 23.2 Å². The summed E-state index contributed by atoms with van der Waals surface area (Å²) in [5, 5.41) is 4.33. The van der Waals surface area contributed by atoms with E-state index in [-0.39, 0.29) is 12.0 Å². The van der Waals surface area contributed by atoms with Crippen molar-refractivity contribution in [2.75, 3.05) is 19.7 Å². The van der Waals surface area contributed by atoms with Gasteiger partial charge in [-0.15, -0.1) is 0 Å². The molecule has 4 nitrogen and oxygen atoms in total. The normalized spacial score (nSPS) is 21.6. The summed E-state index contributed by atoms with van der Waals surface area (Å²) < 4.78 is 5.64. The Balaban J connectivity index is 1.64. The average molecular weight is 343 g/mol. The van der Waals surface area contributed by atoms with Gasteiger partial charge in [-0.25, -0.2) is 0 Å². The van der Waals surface area contributed by atoms with Gasteiger partial charge >= 0.3 is 0 Å². The first-order valence-corrected chi connectivity index (χ1v) is 8.45. The molecule has 1 heterocycles. The molecule has 2 fully saturated rings. The van der Waals surface area contributed by atoms with Crippen LogP contribution in [0, 0.1) is 0 Å². The number of carbonyl (C=O) groups excluding carboxylic acids is 1. The van der Waals surface area contributed by atoms with Crippen LogP contribution in [0.4, 0.5) is 0 Å². The SMILES string of the molecule is O=C(CC1CNCCO1)N(Cc1ccc(Cl)c(Cl)c1)C1CC1. The molecule has 6 heteroatoms. The van der Waals surface area contributed by atoms with E-state index in [4.69, 9.17) is 27.9 Å². The number of nitrogens with one attached hydrogen (secondary N) is 1. The Morgan fingerprint density at radius 3 is 2.77 bits per heavy atom.